The molecule has 10 N–H and O–H groups in total. The number of rotatable bonds is 19. The lowest BCUT2D eigenvalue weighted by atomic mass is 9.93. The van der Waals surface area contributed by atoms with Crippen LogP contribution in [-0.2, 0) is 32.0 Å². The van der Waals surface area contributed by atoms with E-state index in [1.165, 1.54) is 44.6 Å². The number of halogens is 1. The average Bonchev–Trinajstić information content (AvgIpc) is 3.27. The zero-order valence-electron chi connectivity index (χ0n) is 36.9. The maximum Gasteiger partial charge on any atom is 0.252 e. The standard InChI is InChI=1S/C44H57BrN8O7.C2H7N/c1-4-5-6-7-8-9-10-29-11-14-32(35(45)24-29)42(56)50-27-39(54)53(3)40-31-13-16-38(60-22-19-48)34(26-31)33-23-30(12-15-37(33)59-21-18-47)25-36(43(57)49-20-17-46)52-41(55)28(2)51-44(40)58;1-2-3/h11-16,23-24,26,28,36,40H,4-10,18-22,25,27,47-48H2,1-3H3,(H,49,57)(H,50,56)(H,51,58)(H,52,55);2-3H2,1H3/t28-,36?,40?;/m0./s1. The predicted molar refractivity (Wildman–Crippen MR) is 247 cm³/mol. The first kappa shape index (κ1) is 51.8. The molecule has 0 spiro atoms. The number of likely N-dealkylation sites (N-methyl/N-ethyl adjacent to an activating group) is 1. The van der Waals surface area contributed by atoms with Gasteiger partial charge < -0.3 is 52.8 Å². The highest BCUT2D eigenvalue weighted by atomic mass is 79.9. The second-order valence-corrected chi connectivity index (χ2v) is 15.9. The minimum Gasteiger partial charge on any atom is -0.492 e. The molecule has 0 saturated heterocycles. The zero-order valence-corrected chi connectivity index (χ0v) is 38.5. The number of aryl methyl sites for hydroxylation is 1. The second-order valence-electron chi connectivity index (χ2n) is 15.1. The molecule has 0 fully saturated rings. The van der Waals surface area contributed by atoms with Crippen LogP contribution in [-0.4, -0.2) is 99.5 Å². The van der Waals surface area contributed by atoms with Gasteiger partial charge in [0.15, 0.2) is 0 Å². The Morgan fingerprint density at radius 2 is 1.49 bits per heavy atom. The molecule has 2 unspecified atom stereocenters. The molecule has 0 radical (unpaired) electrons. The highest BCUT2D eigenvalue weighted by Gasteiger charge is 2.33. The number of hydrogen-bond donors (Lipinski definition) is 7. The van der Waals surface area contributed by atoms with Gasteiger partial charge in [0.05, 0.1) is 18.2 Å². The van der Waals surface area contributed by atoms with Gasteiger partial charge in [-0.2, -0.15) is 5.26 Å². The van der Waals surface area contributed by atoms with E-state index in [9.17, 15) is 24.0 Å². The third-order valence-electron chi connectivity index (χ3n) is 10.1. The summed E-state index contributed by atoms with van der Waals surface area (Å²) in [6.07, 6.45) is 8.01. The topological polar surface area (TPSA) is 257 Å². The van der Waals surface area contributed by atoms with Gasteiger partial charge in [0, 0.05) is 42.2 Å². The quantitative estimate of drug-likeness (QED) is 0.0673. The Kier molecular flexibility index (Phi) is 22.6. The van der Waals surface area contributed by atoms with Crippen molar-refractivity contribution in [3.8, 4) is 28.7 Å². The van der Waals surface area contributed by atoms with Gasteiger partial charge >= 0.3 is 0 Å². The molecule has 17 heteroatoms. The van der Waals surface area contributed by atoms with Crippen LogP contribution >= 0.6 is 15.9 Å². The van der Waals surface area contributed by atoms with Crippen LogP contribution in [0.4, 0.5) is 0 Å². The average molecular weight is 935 g/mol. The van der Waals surface area contributed by atoms with Crippen molar-refractivity contribution in [3.05, 3.63) is 81.3 Å². The van der Waals surface area contributed by atoms with E-state index in [1.54, 1.807) is 42.5 Å². The number of nitrogens with one attached hydrogen (secondary N) is 4. The van der Waals surface area contributed by atoms with Crippen LogP contribution in [0.3, 0.4) is 0 Å². The van der Waals surface area contributed by atoms with E-state index in [1.807, 2.05) is 25.1 Å². The fraction of sp³-hybridized carbons (Fsp3) is 0.478. The molecule has 3 aromatic carbocycles. The van der Waals surface area contributed by atoms with Crippen molar-refractivity contribution in [3.63, 3.8) is 0 Å². The van der Waals surface area contributed by atoms with Crippen molar-refractivity contribution in [1.82, 2.24) is 26.2 Å². The van der Waals surface area contributed by atoms with Crippen molar-refractivity contribution >= 4 is 45.5 Å². The van der Waals surface area contributed by atoms with E-state index in [4.69, 9.17) is 31.9 Å². The number of carbonyl (C=O) groups excluding carboxylic acids is 5. The molecule has 1 aliphatic rings. The lowest BCUT2D eigenvalue weighted by Gasteiger charge is -2.30. The molecule has 1 heterocycles. The van der Waals surface area contributed by atoms with Gasteiger partial charge in [-0.15, -0.1) is 0 Å². The van der Waals surface area contributed by atoms with Gasteiger partial charge in [-0.05, 0) is 95.3 Å². The fourth-order valence-corrected chi connectivity index (χ4v) is 7.47. The molecular formula is C46H64BrN9O7. The molecule has 0 aliphatic carbocycles. The molecular weight excluding hydrogens is 870 g/mol. The molecule has 63 heavy (non-hydrogen) atoms. The summed E-state index contributed by atoms with van der Waals surface area (Å²) in [7, 11) is 1.43. The molecule has 4 bridgehead atoms. The largest absolute Gasteiger partial charge is 0.492 e. The number of ether oxygens (including phenoxy) is 2. The lowest BCUT2D eigenvalue weighted by Crippen LogP contribution is -2.55. The summed E-state index contributed by atoms with van der Waals surface area (Å²) in [6.45, 7) is 6.34. The van der Waals surface area contributed by atoms with Crippen LogP contribution in [0.25, 0.3) is 11.1 Å². The van der Waals surface area contributed by atoms with Crippen LogP contribution in [0.2, 0.25) is 0 Å². The van der Waals surface area contributed by atoms with Gasteiger partial charge in [0.25, 0.3) is 5.91 Å². The van der Waals surface area contributed by atoms with Crippen LogP contribution in [0, 0.1) is 11.3 Å². The van der Waals surface area contributed by atoms with Crippen LogP contribution < -0.4 is 47.9 Å². The number of unbranched alkanes of at least 4 members (excludes halogenated alkanes) is 5. The maximum absolute atomic E-state index is 14.3. The number of carbonyl (C=O) groups is 5. The first-order chi connectivity index (χ1) is 30.3. The zero-order chi connectivity index (χ0) is 46.3. The van der Waals surface area contributed by atoms with Gasteiger partial charge in [0.1, 0.15) is 49.4 Å². The molecule has 16 nitrogen and oxygen atoms in total. The number of benzene rings is 3. The lowest BCUT2D eigenvalue weighted by molar-refractivity contribution is -0.139. The summed E-state index contributed by atoms with van der Waals surface area (Å²) in [6, 6.07) is 14.1. The van der Waals surface area contributed by atoms with Crippen molar-refractivity contribution in [2.24, 2.45) is 17.2 Å². The number of nitriles is 1. The molecule has 4 rings (SSSR count). The number of fused-ring (bicyclic) bond motifs is 5. The summed E-state index contributed by atoms with van der Waals surface area (Å²) in [4.78, 5) is 69.6. The monoisotopic (exact) mass is 933 g/mol. The van der Waals surface area contributed by atoms with Crippen molar-refractivity contribution in [2.75, 3.05) is 53.0 Å². The first-order valence-corrected chi connectivity index (χ1v) is 22.3. The summed E-state index contributed by atoms with van der Waals surface area (Å²) < 4.78 is 12.7. The van der Waals surface area contributed by atoms with Gasteiger partial charge in [0.2, 0.25) is 23.6 Å². The Bertz CT molecular complexity index is 2040. The summed E-state index contributed by atoms with van der Waals surface area (Å²) >= 11 is 3.53. The van der Waals surface area contributed by atoms with E-state index >= 15 is 0 Å². The maximum atomic E-state index is 14.3. The van der Waals surface area contributed by atoms with Crippen LogP contribution in [0.15, 0.2) is 59.1 Å². The number of nitrogens with zero attached hydrogens (tertiary/aromatic N) is 2. The van der Waals surface area contributed by atoms with E-state index in [2.05, 4.69) is 44.1 Å². The summed E-state index contributed by atoms with van der Waals surface area (Å²) in [5.74, 6) is -2.22. The van der Waals surface area contributed by atoms with Crippen molar-refractivity contribution in [1.29, 1.82) is 5.26 Å². The van der Waals surface area contributed by atoms with Crippen molar-refractivity contribution in [2.45, 2.75) is 90.3 Å². The Hall–Kier alpha value is -5.54. The minimum atomic E-state index is -1.31. The molecule has 0 saturated carbocycles. The predicted octanol–water partition coefficient (Wildman–Crippen LogP) is 3.77. The molecule has 3 aromatic rings. The summed E-state index contributed by atoms with van der Waals surface area (Å²) in [5.41, 5.74) is 19.9. The summed E-state index contributed by atoms with van der Waals surface area (Å²) in [5, 5.41) is 19.7. The molecule has 3 atom stereocenters. The SMILES string of the molecule is CCCCCCCCc1ccc(C(=O)NCC(=O)N(C)C2C(=O)N[C@@H](C)C(=O)NC(C(=O)NCC#N)Cc3ccc(OCCN)c(c3)-c3cc2ccc3OCCN)c(Br)c1.CCN. The second kappa shape index (κ2) is 27.5. The smallest absolute Gasteiger partial charge is 0.252 e. The van der Waals surface area contributed by atoms with Gasteiger partial charge in [-0.1, -0.05) is 64.2 Å². The normalized spacial score (nSPS) is 15.8. The van der Waals surface area contributed by atoms with Crippen molar-refractivity contribution < 1.29 is 33.4 Å². The van der Waals surface area contributed by atoms with E-state index in [0.29, 0.717) is 43.8 Å². The Balaban J connectivity index is 0.00000342. The third-order valence-corrected chi connectivity index (χ3v) is 10.8. The van der Waals surface area contributed by atoms with E-state index in [-0.39, 0.29) is 39.3 Å². The molecule has 342 valence electrons. The molecule has 0 aromatic heterocycles. The Morgan fingerprint density at radius 3 is 2.13 bits per heavy atom. The number of amides is 5. The number of hydrogen-bond acceptors (Lipinski definition) is 11. The Morgan fingerprint density at radius 1 is 0.857 bits per heavy atom. The molecule has 1 aliphatic heterocycles. The molecule has 5 amide bonds. The highest BCUT2D eigenvalue weighted by molar-refractivity contribution is 9.10. The Labute approximate surface area is 379 Å². The first-order valence-electron chi connectivity index (χ1n) is 21.5. The third kappa shape index (κ3) is 16.0. The number of nitrogens with two attached hydrogens (primary N) is 3. The van der Waals surface area contributed by atoms with Gasteiger partial charge in [-0.3, -0.25) is 24.0 Å². The minimum absolute atomic E-state index is 0.0258. The van der Waals surface area contributed by atoms with Crippen LogP contribution in [0.5, 0.6) is 11.5 Å². The van der Waals surface area contributed by atoms with E-state index < -0.39 is 54.2 Å². The van der Waals surface area contributed by atoms with Crippen LogP contribution in [0.1, 0.15) is 92.4 Å². The fourth-order valence-electron chi connectivity index (χ4n) is 6.86. The van der Waals surface area contributed by atoms with Gasteiger partial charge in [-0.25, -0.2) is 0 Å². The highest BCUT2D eigenvalue weighted by Crippen LogP contribution is 2.40. The van der Waals surface area contributed by atoms with E-state index in [0.717, 1.165) is 31.4 Å².